The van der Waals surface area contributed by atoms with Gasteiger partial charge in [-0.2, -0.15) is 5.10 Å². The predicted molar refractivity (Wildman–Crippen MR) is 86.6 cm³/mol. The fourth-order valence-corrected chi connectivity index (χ4v) is 3.93. The van der Waals surface area contributed by atoms with Gasteiger partial charge in [0.25, 0.3) is 0 Å². The molecule has 1 aliphatic carbocycles. The number of ether oxygens (including phenoxy) is 1. The molecule has 2 unspecified atom stereocenters. The van der Waals surface area contributed by atoms with Crippen molar-refractivity contribution < 1.29 is 4.74 Å². The highest BCUT2D eigenvalue weighted by molar-refractivity contribution is 6.31. The molecule has 4 nitrogen and oxygen atoms in total. The van der Waals surface area contributed by atoms with Crippen LogP contribution in [-0.4, -0.2) is 29.0 Å². The first-order valence-electron chi connectivity index (χ1n) is 8.07. The van der Waals surface area contributed by atoms with Gasteiger partial charge in [-0.25, -0.2) is 0 Å². The van der Waals surface area contributed by atoms with E-state index in [1.165, 1.54) is 32.1 Å². The van der Waals surface area contributed by atoms with E-state index in [1.807, 2.05) is 11.7 Å². The number of halogens is 1. The van der Waals surface area contributed by atoms with Crippen LogP contribution in [0.1, 0.15) is 50.4 Å². The zero-order chi connectivity index (χ0) is 15.4. The van der Waals surface area contributed by atoms with Gasteiger partial charge in [0, 0.05) is 26.6 Å². The van der Waals surface area contributed by atoms with E-state index in [0.29, 0.717) is 5.92 Å². The summed E-state index contributed by atoms with van der Waals surface area (Å²) in [5.74, 6) is 0.580. The van der Waals surface area contributed by atoms with Crippen LogP contribution >= 0.6 is 11.6 Å². The van der Waals surface area contributed by atoms with E-state index in [-0.39, 0.29) is 12.1 Å². The highest BCUT2D eigenvalue weighted by Gasteiger charge is 2.30. The number of hydrogen-bond donors (Lipinski definition) is 1. The van der Waals surface area contributed by atoms with Crippen molar-refractivity contribution in [2.24, 2.45) is 18.7 Å². The van der Waals surface area contributed by atoms with Gasteiger partial charge in [-0.15, -0.1) is 0 Å². The Morgan fingerprint density at radius 2 is 2.05 bits per heavy atom. The molecule has 1 heterocycles. The van der Waals surface area contributed by atoms with Crippen LogP contribution in [0.15, 0.2) is 0 Å². The minimum atomic E-state index is -0.0318. The molecule has 21 heavy (non-hydrogen) atoms. The second-order valence-electron chi connectivity index (χ2n) is 6.15. The molecule has 0 saturated heterocycles. The van der Waals surface area contributed by atoms with E-state index in [2.05, 4.69) is 12.0 Å². The van der Waals surface area contributed by atoms with Crippen molar-refractivity contribution in [1.82, 2.24) is 9.78 Å². The lowest BCUT2D eigenvalue weighted by Crippen LogP contribution is -2.44. The molecule has 1 aromatic heterocycles. The second kappa shape index (κ2) is 7.61. The van der Waals surface area contributed by atoms with Gasteiger partial charge in [-0.3, -0.25) is 4.68 Å². The smallest absolute Gasteiger partial charge is 0.0850 e. The normalized spacial score (nSPS) is 19.7. The third kappa shape index (κ3) is 3.79. The van der Waals surface area contributed by atoms with Crippen molar-refractivity contribution in [2.45, 2.75) is 64.0 Å². The first-order valence-corrected chi connectivity index (χ1v) is 8.44. The van der Waals surface area contributed by atoms with Crippen LogP contribution in [0.3, 0.4) is 0 Å². The van der Waals surface area contributed by atoms with Gasteiger partial charge in [0.2, 0.25) is 0 Å². The van der Waals surface area contributed by atoms with Crippen LogP contribution in [-0.2, 0) is 24.6 Å². The molecule has 2 N–H and O–H groups in total. The molecule has 0 bridgehead atoms. The molecule has 0 radical (unpaired) electrons. The Morgan fingerprint density at radius 1 is 1.38 bits per heavy atom. The molecule has 0 spiro atoms. The van der Waals surface area contributed by atoms with Crippen LogP contribution in [0.2, 0.25) is 5.02 Å². The van der Waals surface area contributed by atoms with Crippen molar-refractivity contribution in [3.63, 3.8) is 0 Å². The molecular weight excluding hydrogens is 286 g/mol. The summed E-state index contributed by atoms with van der Waals surface area (Å²) in [6.45, 7) is 2.07. The molecular formula is C16H28ClN3O. The second-order valence-corrected chi connectivity index (χ2v) is 6.53. The van der Waals surface area contributed by atoms with Gasteiger partial charge < -0.3 is 10.5 Å². The Bertz CT molecular complexity index is 455. The molecule has 1 aliphatic rings. The molecule has 0 aromatic carbocycles. The summed E-state index contributed by atoms with van der Waals surface area (Å²) in [6.07, 6.45) is 8.07. The van der Waals surface area contributed by atoms with Crippen LogP contribution in [0.4, 0.5) is 0 Å². The van der Waals surface area contributed by atoms with E-state index in [4.69, 9.17) is 22.1 Å². The van der Waals surface area contributed by atoms with Crippen molar-refractivity contribution in [2.75, 3.05) is 7.11 Å². The van der Waals surface area contributed by atoms with Gasteiger partial charge in [-0.1, -0.05) is 37.8 Å². The molecule has 120 valence electrons. The molecule has 0 amide bonds. The van der Waals surface area contributed by atoms with Gasteiger partial charge >= 0.3 is 0 Å². The maximum absolute atomic E-state index is 6.46. The molecule has 2 rings (SSSR count). The highest BCUT2D eigenvalue weighted by atomic mass is 35.5. The van der Waals surface area contributed by atoms with Crippen LogP contribution < -0.4 is 5.73 Å². The summed E-state index contributed by atoms with van der Waals surface area (Å²) in [5, 5.41) is 5.24. The Hall–Kier alpha value is -0.580. The van der Waals surface area contributed by atoms with E-state index >= 15 is 0 Å². The molecule has 1 fully saturated rings. The molecule has 1 aromatic rings. The average Bonchev–Trinajstić information content (AvgIpc) is 2.76. The minimum Gasteiger partial charge on any atom is -0.380 e. The monoisotopic (exact) mass is 313 g/mol. The molecule has 1 saturated carbocycles. The number of rotatable bonds is 6. The lowest BCUT2D eigenvalue weighted by atomic mass is 9.82. The van der Waals surface area contributed by atoms with Crippen molar-refractivity contribution >= 4 is 11.6 Å². The van der Waals surface area contributed by atoms with Crippen molar-refractivity contribution in [1.29, 1.82) is 0 Å². The summed E-state index contributed by atoms with van der Waals surface area (Å²) in [4.78, 5) is 0. The maximum Gasteiger partial charge on any atom is 0.0850 e. The fraction of sp³-hybridized carbons (Fsp3) is 0.812. The fourth-order valence-electron chi connectivity index (χ4n) is 3.56. The average molecular weight is 314 g/mol. The number of aryl methyl sites for hydroxylation is 2. The van der Waals surface area contributed by atoms with Crippen molar-refractivity contribution in [3.8, 4) is 0 Å². The molecule has 2 atom stereocenters. The number of methoxy groups -OCH3 is 1. The number of hydrogen-bond acceptors (Lipinski definition) is 3. The largest absolute Gasteiger partial charge is 0.380 e. The minimum absolute atomic E-state index is 0.0318. The van der Waals surface area contributed by atoms with E-state index in [0.717, 1.165) is 29.3 Å². The van der Waals surface area contributed by atoms with Gasteiger partial charge in [0.05, 0.1) is 22.5 Å². The first kappa shape index (κ1) is 16.8. The Balaban J connectivity index is 2.08. The summed E-state index contributed by atoms with van der Waals surface area (Å²) >= 11 is 6.43. The van der Waals surface area contributed by atoms with Gasteiger partial charge in [-0.05, 0) is 25.2 Å². The summed E-state index contributed by atoms with van der Waals surface area (Å²) in [7, 11) is 3.72. The number of aromatic nitrogens is 2. The molecule has 5 heteroatoms. The summed E-state index contributed by atoms with van der Waals surface area (Å²) in [5.41, 5.74) is 8.43. The Labute approximate surface area is 133 Å². The Morgan fingerprint density at radius 3 is 2.57 bits per heavy atom. The maximum atomic E-state index is 6.46. The quantitative estimate of drug-likeness (QED) is 0.878. The third-order valence-corrected chi connectivity index (χ3v) is 5.18. The Kier molecular flexibility index (Phi) is 6.08. The van der Waals surface area contributed by atoms with Crippen LogP contribution in [0.5, 0.6) is 0 Å². The SMILES string of the molecule is CCc1nn(C)c(CC(N)C(OC)C2CCCCC2)c1Cl. The van der Waals surface area contributed by atoms with Crippen LogP contribution in [0, 0.1) is 5.92 Å². The van der Waals surface area contributed by atoms with Gasteiger partial charge in [0.15, 0.2) is 0 Å². The number of nitrogens with two attached hydrogens (primary N) is 1. The highest BCUT2D eigenvalue weighted by Crippen LogP contribution is 2.30. The predicted octanol–water partition coefficient (Wildman–Crippen LogP) is 3.10. The molecule has 0 aliphatic heterocycles. The van der Waals surface area contributed by atoms with E-state index < -0.39 is 0 Å². The topological polar surface area (TPSA) is 53.1 Å². The van der Waals surface area contributed by atoms with E-state index in [1.54, 1.807) is 7.11 Å². The first-order chi connectivity index (χ1) is 10.1. The van der Waals surface area contributed by atoms with Gasteiger partial charge in [0.1, 0.15) is 0 Å². The standard InChI is InChI=1S/C16H28ClN3O/c1-4-13-15(17)14(20(2)19-13)10-12(18)16(21-3)11-8-6-5-7-9-11/h11-12,16H,4-10,18H2,1-3H3. The summed E-state index contributed by atoms with van der Waals surface area (Å²) in [6, 6.07) is -0.0318. The third-order valence-electron chi connectivity index (χ3n) is 4.74. The van der Waals surface area contributed by atoms with E-state index in [9.17, 15) is 0 Å². The lowest BCUT2D eigenvalue weighted by molar-refractivity contribution is 0.0175. The zero-order valence-electron chi connectivity index (χ0n) is 13.4. The zero-order valence-corrected chi connectivity index (χ0v) is 14.2. The summed E-state index contributed by atoms with van der Waals surface area (Å²) < 4.78 is 7.61. The lowest BCUT2D eigenvalue weighted by Gasteiger charge is -2.33. The van der Waals surface area contributed by atoms with Crippen molar-refractivity contribution in [3.05, 3.63) is 16.4 Å². The van der Waals surface area contributed by atoms with Crippen LogP contribution in [0.25, 0.3) is 0 Å². The number of nitrogens with zero attached hydrogens (tertiary/aromatic N) is 2.